The van der Waals surface area contributed by atoms with Crippen molar-refractivity contribution >= 4 is 29.6 Å². The summed E-state index contributed by atoms with van der Waals surface area (Å²) in [5.41, 5.74) is 6.46. The van der Waals surface area contributed by atoms with Gasteiger partial charge in [0.25, 0.3) is 0 Å². The van der Waals surface area contributed by atoms with Crippen LogP contribution in [0.5, 0.6) is 0 Å². The number of rotatable bonds is 3. The van der Waals surface area contributed by atoms with Crippen molar-refractivity contribution in [1.29, 1.82) is 0 Å². The van der Waals surface area contributed by atoms with Gasteiger partial charge in [-0.05, 0) is 77.8 Å². The third-order valence-electron chi connectivity index (χ3n) is 9.24. The molecule has 0 aromatic heterocycles. The lowest BCUT2D eigenvalue weighted by Crippen LogP contribution is -2.41. The highest BCUT2D eigenvalue weighted by Gasteiger charge is 2.53. The zero-order valence-corrected chi connectivity index (χ0v) is 22.4. The smallest absolute Gasteiger partial charge is 0.399 e. The van der Waals surface area contributed by atoms with Gasteiger partial charge in [0, 0.05) is 18.7 Å². The van der Waals surface area contributed by atoms with Gasteiger partial charge in [-0.15, -0.1) is 0 Å². The quantitative estimate of drug-likeness (QED) is 0.295. The van der Waals surface area contributed by atoms with Crippen molar-refractivity contribution in [2.24, 2.45) is 10.9 Å². The molecule has 4 aromatic rings. The molecule has 0 bridgehead atoms. The average molecular weight is 497 g/mol. The van der Waals surface area contributed by atoms with E-state index in [1.54, 1.807) is 0 Å². The van der Waals surface area contributed by atoms with E-state index in [2.05, 4.69) is 125 Å². The molecule has 2 atom stereocenters. The fourth-order valence-electron chi connectivity index (χ4n) is 6.66. The molecule has 2 aliphatic heterocycles. The number of allylic oxidation sites excluding steroid dienone is 1. The SMILES string of the molecule is CC1(C)OB(c2ccc3c(c2)-c2c(ccc4ccccc24)C3(c2ccccc2)C2C=CC=NC2)OC1(C)C. The lowest BCUT2D eigenvalue weighted by molar-refractivity contribution is 0.00578. The molecule has 3 aliphatic rings. The highest BCUT2D eigenvalue weighted by atomic mass is 16.7. The summed E-state index contributed by atoms with van der Waals surface area (Å²) in [6.07, 6.45) is 6.38. The second-order valence-electron chi connectivity index (χ2n) is 11.8. The molecule has 0 amide bonds. The number of fused-ring (bicyclic) bond motifs is 5. The van der Waals surface area contributed by atoms with Crippen LogP contribution in [0.4, 0.5) is 0 Å². The molecule has 0 radical (unpaired) electrons. The maximum atomic E-state index is 6.49. The molecule has 0 spiro atoms. The summed E-state index contributed by atoms with van der Waals surface area (Å²) < 4.78 is 13.0. The Labute approximate surface area is 225 Å². The average Bonchev–Trinajstić information content (AvgIpc) is 3.36. The molecular weight excluding hydrogens is 465 g/mol. The second-order valence-corrected chi connectivity index (χ2v) is 11.8. The Hall–Kier alpha value is -3.47. The molecule has 3 nitrogen and oxygen atoms in total. The van der Waals surface area contributed by atoms with Crippen molar-refractivity contribution in [2.75, 3.05) is 6.54 Å². The Balaban J connectivity index is 1.53. The molecule has 4 heteroatoms. The summed E-state index contributed by atoms with van der Waals surface area (Å²) in [7, 11) is -0.408. The number of nitrogens with zero attached hydrogens (tertiary/aromatic N) is 1. The van der Waals surface area contributed by atoms with Gasteiger partial charge in [0.2, 0.25) is 0 Å². The van der Waals surface area contributed by atoms with E-state index in [0.717, 1.165) is 12.0 Å². The van der Waals surface area contributed by atoms with Crippen LogP contribution in [0, 0.1) is 5.92 Å². The van der Waals surface area contributed by atoms with E-state index in [0.29, 0.717) is 0 Å². The van der Waals surface area contributed by atoms with Gasteiger partial charge in [0.1, 0.15) is 0 Å². The van der Waals surface area contributed by atoms with E-state index in [9.17, 15) is 0 Å². The van der Waals surface area contributed by atoms with Crippen LogP contribution in [0.25, 0.3) is 21.9 Å². The van der Waals surface area contributed by atoms with Crippen LogP contribution in [0.3, 0.4) is 0 Å². The van der Waals surface area contributed by atoms with Gasteiger partial charge in [-0.2, -0.15) is 0 Å². The summed E-state index contributed by atoms with van der Waals surface area (Å²) >= 11 is 0. The summed E-state index contributed by atoms with van der Waals surface area (Å²) in [5.74, 6) is 0.193. The summed E-state index contributed by atoms with van der Waals surface area (Å²) in [6.45, 7) is 9.19. The Morgan fingerprint density at radius 3 is 2.24 bits per heavy atom. The number of aliphatic imine (C=N–C) groups is 1. The molecule has 38 heavy (non-hydrogen) atoms. The van der Waals surface area contributed by atoms with Crippen molar-refractivity contribution in [2.45, 2.75) is 44.3 Å². The van der Waals surface area contributed by atoms with Gasteiger partial charge in [0.05, 0.1) is 16.6 Å². The van der Waals surface area contributed by atoms with Crippen molar-refractivity contribution in [3.05, 3.63) is 114 Å². The first kappa shape index (κ1) is 23.6. The van der Waals surface area contributed by atoms with Gasteiger partial charge < -0.3 is 9.31 Å². The minimum atomic E-state index is -0.408. The molecule has 2 heterocycles. The normalized spacial score (nSPS) is 24.5. The van der Waals surface area contributed by atoms with Crippen LogP contribution in [0.1, 0.15) is 44.4 Å². The van der Waals surface area contributed by atoms with Crippen LogP contribution in [-0.2, 0) is 14.7 Å². The van der Waals surface area contributed by atoms with Crippen LogP contribution in [0.15, 0.2) is 102 Å². The zero-order chi connectivity index (χ0) is 26.1. The minimum absolute atomic E-state index is 0.193. The van der Waals surface area contributed by atoms with Crippen molar-refractivity contribution in [3.8, 4) is 11.1 Å². The summed E-state index contributed by atoms with van der Waals surface area (Å²) in [4.78, 5) is 4.74. The Kier molecular flexibility index (Phi) is 5.14. The van der Waals surface area contributed by atoms with Gasteiger partial charge in [-0.3, -0.25) is 4.99 Å². The third kappa shape index (κ3) is 3.20. The first-order valence-corrected chi connectivity index (χ1v) is 13.6. The van der Waals surface area contributed by atoms with E-state index < -0.39 is 7.12 Å². The number of benzene rings is 4. The van der Waals surface area contributed by atoms with Crippen LogP contribution in [-0.4, -0.2) is 31.1 Å². The monoisotopic (exact) mass is 497 g/mol. The lowest BCUT2D eigenvalue weighted by Gasteiger charge is -2.39. The zero-order valence-electron chi connectivity index (χ0n) is 22.4. The Morgan fingerprint density at radius 2 is 1.50 bits per heavy atom. The fraction of sp³-hybridized carbons (Fsp3) is 0.265. The maximum absolute atomic E-state index is 6.49. The molecule has 0 saturated carbocycles. The molecule has 188 valence electrons. The number of hydrogen-bond donors (Lipinski definition) is 0. The van der Waals surface area contributed by atoms with Crippen LogP contribution < -0.4 is 5.46 Å². The lowest BCUT2D eigenvalue weighted by atomic mass is 9.63. The molecule has 2 unspecified atom stereocenters. The number of hydrogen-bond acceptors (Lipinski definition) is 3. The predicted octanol–water partition coefficient (Wildman–Crippen LogP) is 6.71. The van der Waals surface area contributed by atoms with Gasteiger partial charge in [-0.1, -0.05) is 91.0 Å². The molecule has 1 saturated heterocycles. The van der Waals surface area contributed by atoms with Crippen molar-refractivity contribution in [3.63, 3.8) is 0 Å². The van der Waals surface area contributed by atoms with E-state index >= 15 is 0 Å². The van der Waals surface area contributed by atoms with Gasteiger partial charge in [0.15, 0.2) is 0 Å². The topological polar surface area (TPSA) is 30.8 Å². The van der Waals surface area contributed by atoms with E-state index in [-0.39, 0.29) is 22.5 Å². The number of dihydropyridines is 1. The Bertz CT molecular complexity index is 1600. The fourth-order valence-corrected chi connectivity index (χ4v) is 6.66. The molecule has 0 N–H and O–H groups in total. The summed E-state index contributed by atoms with van der Waals surface area (Å²) in [6, 6.07) is 31.2. The highest BCUT2D eigenvalue weighted by Crippen LogP contribution is 2.58. The molecule has 7 rings (SSSR count). The summed E-state index contributed by atoms with van der Waals surface area (Å²) in [5, 5.41) is 2.53. The van der Waals surface area contributed by atoms with Gasteiger partial charge in [-0.25, -0.2) is 0 Å². The Morgan fingerprint density at radius 1 is 0.789 bits per heavy atom. The first-order valence-electron chi connectivity index (χ1n) is 13.6. The largest absolute Gasteiger partial charge is 0.494 e. The second kappa shape index (κ2) is 8.27. The van der Waals surface area contributed by atoms with E-state index in [1.165, 1.54) is 38.6 Å². The van der Waals surface area contributed by atoms with Gasteiger partial charge >= 0.3 is 7.12 Å². The van der Waals surface area contributed by atoms with E-state index in [4.69, 9.17) is 14.3 Å². The van der Waals surface area contributed by atoms with Crippen molar-refractivity contribution in [1.82, 2.24) is 0 Å². The van der Waals surface area contributed by atoms with Crippen molar-refractivity contribution < 1.29 is 9.31 Å². The molecule has 1 fully saturated rings. The molecule has 4 aromatic carbocycles. The highest BCUT2D eigenvalue weighted by molar-refractivity contribution is 6.62. The molecular formula is C34H32BNO2. The van der Waals surface area contributed by atoms with Crippen LogP contribution in [0.2, 0.25) is 0 Å². The minimum Gasteiger partial charge on any atom is -0.399 e. The maximum Gasteiger partial charge on any atom is 0.494 e. The standard InChI is InChI=1S/C34H32BNO2/c1-32(2)33(3,4)38-35(37-32)26-17-19-29-28(21-26)31-27-15-9-8-11-23(27)16-18-30(31)34(29,24-12-6-5-7-13-24)25-14-10-20-36-22-25/h5-21,25H,22H2,1-4H3. The predicted molar refractivity (Wildman–Crippen MR) is 157 cm³/mol. The van der Waals surface area contributed by atoms with Crippen LogP contribution >= 0.6 is 0 Å². The molecule has 1 aliphatic carbocycles. The van der Waals surface area contributed by atoms with E-state index in [1.807, 2.05) is 6.21 Å². The first-order chi connectivity index (χ1) is 18.3. The third-order valence-corrected chi connectivity index (χ3v) is 9.24.